The number of nitrogens with zero attached hydrogens (tertiary/aromatic N) is 4. The molecule has 1 amide bonds. The Balaban J connectivity index is 1.12. The number of aryl methyl sites for hydroxylation is 1. The zero-order chi connectivity index (χ0) is 24.8. The highest BCUT2D eigenvalue weighted by Gasteiger charge is 2.27. The Morgan fingerprint density at radius 1 is 1.23 bits per heavy atom. The Kier molecular flexibility index (Phi) is 8.48. The van der Waals surface area contributed by atoms with E-state index in [4.69, 9.17) is 9.47 Å². The van der Waals surface area contributed by atoms with Gasteiger partial charge in [-0.05, 0) is 57.9 Å². The van der Waals surface area contributed by atoms with Gasteiger partial charge in [0.1, 0.15) is 0 Å². The molecule has 192 valence electrons. The number of carbonyl (C=O) groups is 1. The molecule has 4 rings (SSSR count). The molecule has 0 spiro atoms. The largest absolute Gasteiger partial charge is 0.466 e. The first kappa shape index (κ1) is 25.7. The Hall–Kier alpha value is -2.40. The van der Waals surface area contributed by atoms with Crippen LogP contribution in [0.15, 0.2) is 12.4 Å². The van der Waals surface area contributed by atoms with Gasteiger partial charge in [0.25, 0.3) is 17.0 Å². The monoisotopic (exact) mass is 509 g/mol. The van der Waals surface area contributed by atoms with Crippen LogP contribution in [0.3, 0.4) is 0 Å². The van der Waals surface area contributed by atoms with Crippen LogP contribution in [0.1, 0.15) is 55.3 Å². The van der Waals surface area contributed by atoms with Crippen molar-refractivity contribution in [3.63, 3.8) is 0 Å². The van der Waals surface area contributed by atoms with Crippen LogP contribution < -0.4 is 14.8 Å². The molecule has 0 radical (unpaired) electrons. The van der Waals surface area contributed by atoms with Gasteiger partial charge in [-0.25, -0.2) is 18.7 Å². The first-order valence-electron chi connectivity index (χ1n) is 12.2. The first-order chi connectivity index (χ1) is 16.7. The van der Waals surface area contributed by atoms with Gasteiger partial charge in [0.05, 0.1) is 23.8 Å². The van der Waals surface area contributed by atoms with Gasteiger partial charge in [0.15, 0.2) is 13.2 Å². The van der Waals surface area contributed by atoms with E-state index in [1.54, 1.807) is 6.20 Å². The van der Waals surface area contributed by atoms with Gasteiger partial charge >= 0.3 is 0 Å². The molecule has 1 aliphatic heterocycles. The number of aromatic nitrogens is 3. The van der Waals surface area contributed by atoms with Gasteiger partial charge < -0.3 is 14.8 Å². The standard InChI is InChI=1S/C24H33F2N5O3S/c1-16-11-28-22(12-27-16)33-14-21(32)29-18-5-3-17(4-6-18)7-9-31-10-8-20-19(13-31)30-23(35-20)34-15-24(2,25)26/h11-12,17-18H,3-10,13-15H2,1-2H3,(H,29,32). The van der Waals surface area contributed by atoms with Crippen molar-refractivity contribution in [1.82, 2.24) is 25.2 Å². The van der Waals surface area contributed by atoms with Crippen LogP contribution in [-0.2, 0) is 17.8 Å². The van der Waals surface area contributed by atoms with Crippen molar-refractivity contribution >= 4 is 17.2 Å². The third kappa shape index (κ3) is 8.06. The average Bonchev–Trinajstić information content (AvgIpc) is 3.24. The number of hydrogen-bond donors (Lipinski definition) is 1. The van der Waals surface area contributed by atoms with Gasteiger partial charge in [-0.3, -0.25) is 14.7 Å². The summed E-state index contributed by atoms with van der Waals surface area (Å²) in [5, 5.41) is 3.41. The predicted octanol–water partition coefficient (Wildman–Crippen LogP) is 3.78. The molecule has 0 saturated heterocycles. The van der Waals surface area contributed by atoms with E-state index in [-0.39, 0.29) is 18.6 Å². The van der Waals surface area contributed by atoms with Crippen LogP contribution in [0.5, 0.6) is 11.1 Å². The van der Waals surface area contributed by atoms with Crippen LogP contribution in [-0.4, -0.2) is 64.0 Å². The number of hydrogen-bond acceptors (Lipinski definition) is 8. The Labute approximate surface area is 208 Å². The molecule has 8 nitrogen and oxygen atoms in total. The minimum absolute atomic E-state index is 0.0567. The van der Waals surface area contributed by atoms with E-state index in [9.17, 15) is 13.6 Å². The van der Waals surface area contributed by atoms with E-state index in [0.717, 1.165) is 81.3 Å². The van der Waals surface area contributed by atoms with Crippen LogP contribution in [0, 0.1) is 12.8 Å². The molecule has 2 aromatic rings. The van der Waals surface area contributed by atoms with Crippen molar-refractivity contribution in [2.75, 3.05) is 26.3 Å². The molecule has 2 aromatic heterocycles. The first-order valence-corrected chi connectivity index (χ1v) is 13.0. The van der Waals surface area contributed by atoms with Gasteiger partial charge in [-0.2, -0.15) is 0 Å². The second kappa shape index (κ2) is 11.6. The fourth-order valence-electron chi connectivity index (χ4n) is 4.49. The minimum atomic E-state index is -2.86. The summed E-state index contributed by atoms with van der Waals surface area (Å²) in [6.07, 6.45) is 9.25. The maximum atomic E-state index is 13.0. The number of rotatable bonds is 10. The van der Waals surface area contributed by atoms with E-state index < -0.39 is 12.5 Å². The van der Waals surface area contributed by atoms with Crippen molar-refractivity contribution in [1.29, 1.82) is 0 Å². The van der Waals surface area contributed by atoms with Crippen molar-refractivity contribution in [2.24, 2.45) is 5.92 Å². The highest BCUT2D eigenvalue weighted by Crippen LogP contribution is 2.32. The highest BCUT2D eigenvalue weighted by atomic mass is 32.1. The summed E-state index contributed by atoms with van der Waals surface area (Å²) in [7, 11) is 0. The normalized spacial score (nSPS) is 20.8. The Morgan fingerprint density at radius 3 is 2.74 bits per heavy atom. The minimum Gasteiger partial charge on any atom is -0.466 e. The highest BCUT2D eigenvalue weighted by molar-refractivity contribution is 7.13. The second-order valence-corrected chi connectivity index (χ2v) is 10.6. The number of amides is 1. The number of halogens is 2. The summed E-state index contributed by atoms with van der Waals surface area (Å²) >= 11 is 1.39. The molecule has 0 atom stereocenters. The van der Waals surface area contributed by atoms with Crippen LogP contribution >= 0.6 is 11.3 Å². The summed E-state index contributed by atoms with van der Waals surface area (Å²) in [5.74, 6) is -1.99. The van der Waals surface area contributed by atoms with Gasteiger partial charge in [0, 0.05) is 30.9 Å². The number of nitrogens with one attached hydrogen (secondary N) is 1. The van der Waals surface area contributed by atoms with Crippen molar-refractivity contribution < 1.29 is 23.0 Å². The van der Waals surface area contributed by atoms with Gasteiger partial charge in [-0.1, -0.05) is 11.3 Å². The number of carbonyl (C=O) groups excluding carboxylic acids is 1. The smallest absolute Gasteiger partial charge is 0.278 e. The molecule has 2 aliphatic rings. The molecule has 11 heteroatoms. The Morgan fingerprint density at radius 2 is 2.03 bits per heavy atom. The molecule has 0 aromatic carbocycles. The third-order valence-electron chi connectivity index (χ3n) is 6.41. The summed E-state index contributed by atoms with van der Waals surface area (Å²) in [4.78, 5) is 28.4. The summed E-state index contributed by atoms with van der Waals surface area (Å²) < 4.78 is 36.7. The molecular formula is C24H33F2N5O3S. The molecule has 0 unspecified atom stereocenters. The lowest BCUT2D eigenvalue weighted by molar-refractivity contribution is -0.124. The van der Waals surface area contributed by atoms with Gasteiger partial charge in [0.2, 0.25) is 5.88 Å². The van der Waals surface area contributed by atoms with Crippen LogP contribution in [0.4, 0.5) is 8.78 Å². The maximum absolute atomic E-state index is 13.0. The van der Waals surface area contributed by atoms with E-state index >= 15 is 0 Å². The topological polar surface area (TPSA) is 89.5 Å². The SMILES string of the molecule is Cc1cnc(OCC(=O)NC2CCC(CCN3CCc4sc(OCC(C)(F)F)nc4C3)CC2)cn1. The summed E-state index contributed by atoms with van der Waals surface area (Å²) in [5.41, 5.74) is 1.76. The zero-order valence-electron chi connectivity index (χ0n) is 20.3. The lowest BCUT2D eigenvalue weighted by Gasteiger charge is -2.31. The Bertz CT molecular complexity index is 975. The van der Waals surface area contributed by atoms with Gasteiger partial charge in [-0.15, -0.1) is 0 Å². The van der Waals surface area contributed by atoms with Crippen molar-refractivity contribution in [3.8, 4) is 11.1 Å². The number of alkyl halides is 2. The van der Waals surface area contributed by atoms with Crippen molar-refractivity contribution in [3.05, 3.63) is 28.7 Å². The number of fused-ring (bicyclic) bond motifs is 1. The predicted molar refractivity (Wildman–Crippen MR) is 128 cm³/mol. The molecule has 1 N–H and O–H groups in total. The lowest BCUT2D eigenvalue weighted by Crippen LogP contribution is -2.40. The average molecular weight is 510 g/mol. The maximum Gasteiger partial charge on any atom is 0.278 e. The van der Waals surface area contributed by atoms with E-state index in [1.165, 1.54) is 17.5 Å². The van der Waals surface area contributed by atoms with Crippen LogP contribution in [0.25, 0.3) is 0 Å². The van der Waals surface area contributed by atoms with E-state index in [2.05, 4.69) is 25.2 Å². The fourth-order valence-corrected chi connectivity index (χ4v) is 5.40. The number of ether oxygens (including phenoxy) is 2. The molecule has 1 saturated carbocycles. The summed E-state index contributed by atoms with van der Waals surface area (Å²) in [6.45, 7) is 4.69. The molecule has 35 heavy (non-hydrogen) atoms. The van der Waals surface area contributed by atoms with E-state index in [0.29, 0.717) is 17.0 Å². The third-order valence-corrected chi connectivity index (χ3v) is 7.48. The molecule has 1 fully saturated rings. The lowest BCUT2D eigenvalue weighted by atomic mass is 9.84. The van der Waals surface area contributed by atoms with E-state index in [1.807, 2.05) is 6.92 Å². The molecule has 3 heterocycles. The molecular weight excluding hydrogens is 476 g/mol. The molecule has 0 bridgehead atoms. The second-order valence-electron chi connectivity index (χ2n) is 9.59. The fraction of sp³-hybridized carbons (Fsp3) is 0.667. The zero-order valence-corrected chi connectivity index (χ0v) is 21.1. The van der Waals surface area contributed by atoms with Crippen LogP contribution in [0.2, 0.25) is 0 Å². The van der Waals surface area contributed by atoms with Crippen molar-refractivity contribution in [2.45, 2.75) is 70.9 Å². The molecule has 1 aliphatic carbocycles. The number of thiazole rings is 1. The quantitative estimate of drug-likeness (QED) is 0.521. The summed E-state index contributed by atoms with van der Waals surface area (Å²) in [6, 6.07) is 0.188.